The highest BCUT2D eigenvalue weighted by molar-refractivity contribution is 7.89. The van der Waals surface area contributed by atoms with Gasteiger partial charge in [-0.3, -0.25) is 4.79 Å². The van der Waals surface area contributed by atoms with Gasteiger partial charge in [0.2, 0.25) is 15.9 Å². The summed E-state index contributed by atoms with van der Waals surface area (Å²) in [5.74, 6) is 0.140. The number of sulfonamides is 1. The fraction of sp³-hybridized carbons (Fsp3) is 0.409. The highest BCUT2D eigenvalue weighted by Crippen LogP contribution is 2.47. The molecule has 148 valence electrons. The predicted octanol–water partition coefficient (Wildman–Crippen LogP) is 3.24. The Labute approximate surface area is 167 Å². The molecule has 0 radical (unpaired) electrons. The van der Waals surface area contributed by atoms with Gasteiger partial charge in [0.1, 0.15) is 0 Å². The molecule has 1 aliphatic carbocycles. The Morgan fingerprint density at radius 2 is 1.82 bits per heavy atom. The van der Waals surface area contributed by atoms with E-state index >= 15 is 0 Å². The number of rotatable bonds is 5. The number of anilines is 1. The van der Waals surface area contributed by atoms with Crippen LogP contribution in [0.2, 0.25) is 0 Å². The van der Waals surface area contributed by atoms with E-state index in [1.165, 1.54) is 24.0 Å². The van der Waals surface area contributed by atoms with Gasteiger partial charge in [0, 0.05) is 26.3 Å². The van der Waals surface area contributed by atoms with Gasteiger partial charge in [-0.05, 0) is 48.9 Å². The van der Waals surface area contributed by atoms with Crippen LogP contribution in [0.25, 0.3) is 0 Å². The first-order valence-corrected chi connectivity index (χ1v) is 11.2. The Balaban J connectivity index is 1.65. The highest BCUT2D eigenvalue weighted by atomic mass is 32.2. The zero-order valence-electron chi connectivity index (χ0n) is 16.4. The molecule has 0 aromatic heterocycles. The van der Waals surface area contributed by atoms with Gasteiger partial charge in [-0.25, -0.2) is 12.7 Å². The third-order valence-electron chi connectivity index (χ3n) is 6.13. The maximum absolute atomic E-state index is 13.6. The van der Waals surface area contributed by atoms with E-state index in [0.717, 1.165) is 43.4 Å². The number of carbonyl (C=O) groups is 1. The van der Waals surface area contributed by atoms with Gasteiger partial charge in [-0.2, -0.15) is 0 Å². The minimum absolute atomic E-state index is 0.140. The van der Waals surface area contributed by atoms with E-state index < -0.39 is 10.0 Å². The van der Waals surface area contributed by atoms with Gasteiger partial charge >= 0.3 is 0 Å². The third-order valence-corrected chi connectivity index (χ3v) is 7.94. The topological polar surface area (TPSA) is 57.7 Å². The van der Waals surface area contributed by atoms with Crippen LogP contribution in [0.15, 0.2) is 53.4 Å². The van der Waals surface area contributed by atoms with Crippen molar-refractivity contribution in [2.45, 2.75) is 37.0 Å². The summed E-state index contributed by atoms with van der Waals surface area (Å²) in [5, 5.41) is 0. The van der Waals surface area contributed by atoms with Crippen molar-refractivity contribution in [1.82, 2.24) is 4.31 Å². The zero-order valence-corrected chi connectivity index (χ0v) is 17.2. The number of hydrogen-bond acceptors (Lipinski definition) is 3. The van der Waals surface area contributed by atoms with Crippen molar-refractivity contribution < 1.29 is 13.2 Å². The molecule has 6 heteroatoms. The molecular weight excluding hydrogens is 372 g/mol. The van der Waals surface area contributed by atoms with Gasteiger partial charge in [-0.15, -0.1) is 0 Å². The van der Waals surface area contributed by atoms with E-state index in [0.29, 0.717) is 6.54 Å². The molecule has 0 atom stereocenters. The van der Waals surface area contributed by atoms with Crippen LogP contribution in [-0.4, -0.2) is 39.3 Å². The summed E-state index contributed by atoms with van der Waals surface area (Å²) in [6, 6.07) is 15.3. The number of fused-ring (bicyclic) bond motifs is 1. The van der Waals surface area contributed by atoms with E-state index in [4.69, 9.17) is 0 Å². The number of amides is 1. The van der Waals surface area contributed by atoms with Gasteiger partial charge < -0.3 is 4.90 Å². The minimum atomic E-state index is -3.53. The minimum Gasteiger partial charge on any atom is -0.311 e. The molecule has 4 rings (SSSR count). The number of hydrogen-bond donors (Lipinski definition) is 0. The van der Waals surface area contributed by atoms with E-state index in [-0.39, 0.29) is 16.2 Å². The maximum atomic E-state index is 13.6. The molecule has 1 saturated carbocycles. The second-order valence-electron chi connectivity index (χ2n) is 8.08. The van der Waals surface area contributed by atoms with Gasteiger partial charge in [0.15, 0.2) is 0 Å². The summed E-state index contributed by atoms with van der Waals surface area (Å²) < 4.78 is 26.3. The normalized spacial score (nSPS) is 18.0. The van der Waals surface area contributed by atoms with Crippen LogP contribution < -0.4 is 4.90 Å². The summed E-state index contributed by atoms with van der Waals surface area (Å²) >= 11 is 0. The lowest BCUT2D eigenvalue weighted by atomic mass is 9.64. The molecule has 1 fully saturated rings. The van der Waals surface area contributed by atoms with E-state index in [2.05, 4.69) is 12.1 Å². The van der Waals surface area contributed by atoms with E-state index in [1.807, 2.05) is 29.2 Å². The molecule has 28 heavy (non-hydrogen) atoms. The summed E-state index contributed by atoms with van der Waals surface area (Å²) in [6.07, 6.45) is 4.36. The molecule has 2 aromatic rings. The van der Waals surface area contributed by atoms with Crippen LogP contribution in [0, 0.1) is 5.41 Å². The Morgan fingerprint density at radius 3 is 2.43 bits per heavy atom. The summed E-state index contributed by atoms with van der Waals surface area (Å²) in [4.78, 5) is 15.6. The van der Waals surface area contributed by atoms with Crippen molar-refractivity contribution in [3.05, 3.63) is 59.7 Å². The van der Waals surface area contributed by atoms with Crippen molar-refractivity contribution in [1.29, 1.82) is 0 Å². The van der Waals surface area contributed by atoms with E-state index in [9.17, 15) is 13.2 Å². The maximum Gasteiger partial charge on any atom is 0.242 e. The van der Waals surface area contributed by atoms with Crippen molar-refractivity contribution in [2.24, 2.45) is 5.41 Å². The van der Waals surface area contributed by atoms with Crippen molar-refractivity contribution in [3.8, 4) is 0 Å². The first-order valence-electron chi connectivity index (χ1n) is 9.75. The predicted molar refractivity (Wildman–Crippen MR) is 110 cm³/mol. The molecule has 0 saturated heterocycles. The lowest BCUT2D eigenvalue weighted by Crippen LogP contribution is -2.49. The SMILES string of the molecule is CN(C)S(=O)(=O)c1ccc2c(c1)N(C(=O)C1(Cc3ccccc3)CCC1)CC2. The number of benzene rings is 2. The Kier molecular flexibility index (Phi) is 4.79. The van der Waals surface area contributed by atoms with Crippen molar-refractivity contribution in [3.63, 3.8) is 0 Å². The fourth-order valence-electron chi connectivity index (χ4n) is 4.28. The Bertz CT molecular complexity index is 996. The highest BCUT2D eigenvalue weighted by Gasteiger charge is 2.47. The molecule has 2 aliphatic rings. The molecule has 5 nitrogen and oxygen atoms in total. The lowest BCUT2D eigenvalue weighted by Gasteiger charge is -2.43. The summed E-state index contributed by atoms with van der Waals surface area (Å²) in [6.45, 7) is 0.621. The van der Waals surface area contributed by atoms with Crippen LogP contribution in [0.1, 0.15) is 30.4 Å². The van der Waals surface area contributed by atoms with Gasteiger partial charge in [0.25, 0.3) is 0 Å². The second-order valence-corrected chi connectivity index (χ2v) is 10.2. The van der Waals surface area contributed by atoms with Crippen LogP contribution in [-0.2, 0) is 27.7 Å². The Morgan fingerprint density at radius 1 is 1.11 bits per heavy atom. The molecule has 0 spiro atoms. The quantitative estimate of drug-likeness (QED) is 0.777. The first-order chi connectivity index (χ1) is 13.3. The third kappa shape index (κ3) is 3.14. The standard InChI is InChI=1S/C22H26N2O3S/c1-23(2)28(26,27)19-10-9-18-11-14-24(20(18)15-19)21(25)22(12-6-13-22)16-17-7-4-3-5-8-17/h3-5,7-10,15H,6,11-14,16H2,1-2H3. The number of nitrogens with zero attached hydrogens (tertiary/aromatic N) is 2. The van der Waals surface area contributed by atoms with Crippen LogP contribution in [0.4, 0.5) is 5.69 Å². The smallest absolute Gasteiger partial charge is 0.242 e. The monoisotopic (exact) mass is 398 g/mol. The second kappa shape index (κ2) is 7.01. The van der Waals surface area contributed by atoms with Gasteiger partial charge in [-0.1, -0.05) is 42.8 Å². The molecule has 0 unspecified atom stereocenters. The summed E-state index contributed by atoms with van der Waals surface area (Å²) in [5.41, 5.74) is 2.62. The van der Waals surface area contributed by atoms with Crippen molar-refractivity contribution >= 4 is 21.6 Å². The van der Waals surface area contributed by atoms with Crippen LogP contribution in [0.3, 0.4) is 0 Å². The largest absolute Gasteiger partial charge is 0.311 e. The van der Waals surface area contributed by atoms with Crippen LogP contribution in [0.5, 0.6) is 0 Å². The Hall–Kier alpha value is -2.18. The molecule has 0 bridgehead atoms. The average Bonchev–Trinajstić information content (AvgIpc) is 3.08. The lowest BCUT2D eigenvalue weighted by molar-refractivity contribution is -0.132. The average molecular weight is 399 g/mol. The number of carbonyl (C=O) groups excluding carboxylic acids is 1. The van der Waals surface area contributed by atoms with Crippen LogP contribution >= 0.6 is 0 Å². The molecule has 0 N–H and O–H groups in total. The first kappa shape index (κ1) is 19.2. The molecule has 1 aliphatic heterocycles. The molecular formula is C22H26N2O3S. The molecule has 2 aromatic carbocycles. The zero-order chi connectivity index (χ0) is 19.9. The summed E-state index contributed by atoms with van der Waals surface area (Å²) in [7, 11) is -0.483. The molecule has 1 heterocycles. The van der Waals surface area contributed by atoms with Crippen molar-refractivity contribution in [2.75, 3.05) is 25.5 Å². The fourth-order valence-corrected chi connectivity index (χ4v) is 5.21. The van der Waals surface area contributed by atoms with E-state index in [1.54, 1.807) is 12.1 Å². The van der Waals surface area contributed by atoms with Gasteiger partial charge in [0.05, 0.1) is 10.3 Å². The molecule has 1 amide bonds.